The number of carbonyl (C=O) groups is 1. The number of amides is 1. The van der Waals surface area contributed by atoms with Crippen LogP contribution in [0.25, 0.3) is 0 Å². The maximum Gasteiger partial charge on any atom is 0.405 e. The Kier molecular flexibility index (Phi) is 5.70. The van der Waals surface area contributed by atoms with Gasteiger partial charge in [-0.1, -0.05) is 0 Å². The molecule has 7 heteroatoms. The number of hydrogen-bond acceptors (Lipinski definition) is 3. The minimum atomic E-state index is -4.51. The van der Waals surface area contributed by atoms with Crippen LogP contribution in [-0.2, 0) is 4.79 Å². The summed E-state index contributed by atoms with van der Waals surface area (Å²) in [5, 5.41) is 10.7. The predicted molar refractivity (Wildman–Crippen MR) is 46.5 cm³/mol. The molecule has 0 heterocycles. The van der Waals surface area contributed by atoms with E-state index >= 15 is 0 Å². The molecule has 3 N–H and O–H groups in total. The van der Waals surface area contributed by atoms with Gasteiger partial charge in [0, 0.05) is 13.0 Å². The fourth-order valence-electron chi connectivity index (χ4n) is 0.869. The maximum atomic E-state index is 12.0. The molecule has 1 unspecified atom stereocenters. The van der Waals surface area contributed by atoms with Gasteiger partial charge in [-0.25, -0.2) is 0 Å². The SMILES string of the molecule is N#CC(CNCCCC(N)=O)C(F)(F)F. The lowest BCUT2D eigenvalue weighted by Crippen LogP contribution is -2.33. The highest BCUT2D eigenvalue weighted by atomic mass is 19.4. The number of rotatable bonds is 6. The lowest BCUT2D eigenvalue weighted by atomic mass is 10.1. The summed E-state index contributed by atoms with van der Waals surface area (Å²) < 4.78 is 36.1. The minimum absolute atomic E-state index is 0.121. The van der Waals surface area contributed by atoms with E-state index in [1.165, 1.54) is 0 Å². The minimum Gasteiger partial charge on any atom is -0.370 e. The molecule has 15 heavy (non-hydrogen) atoms. The number of halogens is 3. The van der Waals surface area contributed by atoms with Gasteiger partial charge in [0.15, 0.2) is 5.92 Å². The second-order valence-corrected chi connectivity index (χ2v) is 3.00. The van der Waals surface area contributed by atoms with Crippen molar-refractivity contribution in [2.45, 2.75) is 19.0 Å². The van der Waals surface area contributed by atoms with Gasteiger partial charge < -0.3 is 11.1 Å². The zero-order chi connectivity index (χ0) is 11.9. The van der Waals surface area contributed by atoms with Crippen LogP contribution in [0.15, 0.2) is 0 Å². The summed E-state index contributed by atoms with van der Waals surface area (Å²) >= 11 is 0. The Morgan fingerprint density at radius 2 is 2.13 bits per heavy atom. The van der Waals surface area contributed by atoms with Crippen molar-refractivity contribution in [3.05, 3.63) is 0 Å². The zero-order valence-electron chi connectivity index (χ0n) is 7.97. The van der Waals surface area contributed by atoms with Crippen LogP contribution in [0, 0.1) is 17.2 Å². The van der Waals surface area contributed by atoms with Crippen molar-refractivity contribution in [1.82, 2.24) is 5.32 Å². The molecule has 0 rings (SSSR count). The Morgan fingerprint density at radius 1 is 1.53 bits per heavy atom. The molecule has 0 aliphatic heterocycles. The Labute approximate surface area is 85.2 Å². The number of nitriles is 1. The molecule has 0 radical (unpaired) electrons. The average molecular weight is 223 g/mol. The average Bonchev–Trinajstić information content (AvgIpc) is 2.08. The normalized spacial score (nSPS) is 13.2. The fourth-order valence-corrected chi connectivity index (χ4v) is 0.869. The molecule has 0 saturated carbocycles. The van der Waals surface area contributed by atoms with Crippen LogP contribution in [0.3, 0.4) is 0 Å². The van der Waals surface area contributed by atoms with E-state index in [4.69, 9.17) is 11.0 Å². The van der Waals surface area contributed by atoms with Crippen molar-refractivity contribution >= 4 is 5.91 Å². The molecular formula is C8H12F3N3O. The maximum absolute atomic E-state index is 12.0. The summed E-state index contributed by atoms with van der Waals surface area (Å²) in [6, 6.07) is 1.16. The number of nitrogens with two attached hydrogens (primary N) is 1. The van der Waals surface area contributed by atoms with Gasteiger partial charge in [0.25, 0.3) is 0 Å². The first kappa shape index (κ1) is 13.7. The Balaban J connectivity index is 3.67. The van der Waals surface area contributed by atoms with Crippen molar-refractivity contribution in [3.63, 3.8) is 0 Å². The van der Waals surface area contributed by atoms with Crippen LogP contribution < -0.4 is 11.1 Å². The molecule has 0 aromatic carbocycles. The molecule has 0 aliphatic rings. The lowest BCUT2D eigenvalue weighted by Gasteiger charge is -2.13. The molecule has 1 atom stereocenters. The van der Waals surface area contributed by atoms with Crippen LogP contribution in [0.4, 0.5) is 13.2 Å². The van der Waals surface area contributed by atoms with E-state index in [0.717, 1.165) is 6.07 Å². The third kappa shape index (κ3) is 6.74. The van der Waals surface area contributed by atoms with Gasteiger partial charge >= 0.3 is 6.18 Å². The molecule has 0 aliphatic carbocycles. The largest absolute Gasteiger partial charge is 0.405 e. The first-order chi connectivity index (χ1) is 6.88. The highest BCUT2D eigenvalue weighted by Crippen LogP contribution is 2.24. The van der Waals surface area contributed by atoms with Crippen LogP contribution >= 0.6 is 0 Å². The van der Waals surface area contributed by atoms with E-state index in [0.29, 0.717) is 6.42 Å². The fraction of sp³-hybridized carbons (Fsp3) is 0.750. The summed E-state index contributed by atoms with van der Waals surface area (Å²) in [5.41, 5.74) is 4.83. The topological polar surface area (TPSA) is 78.9 Å². The van der Waals surface area contributed by atoms with E-state index in [9.17, 15) is 18.0 Å². The quantitative estimate of drug-likeness (QED) is 0.645. The monoisotopic (exact) mass is 223 g/mol. The van der Waals surface area contributed by atoms with E-state index in [2.05, 4.69) is 5.32 Å². The molecule has 0 spiro atoms. The summed E-state index contributed by atoms with van der Waals surface area (Å²) in [6.45, 7) is -0.226. The smallest absolute Gasteiger partial charge is 0.370 e. The summed E-state index contributed by atoms with van der Waals surface area (Å²) in [4.78, 5) is 10.3. The number of carbonyl (C=O) groups excluding carboxylic acids is 1. The Hall–Kier alpha value is -1.29. The van der Waals surface area contributed by atoms with E-state index in [1.807, 2.05) is 0 Å². The van der Waals surface area contributed by atoms with Crippen molar-refractivity contribution in [1.29, 1.82) is 5.26 Å². The van der Waals surface area contributed by atoms with Crippen LogP contribution in [-0.4, -0.2) is 25.2 Å². The van der Waals surface area contributed by atoms with Crippen molar-refractivity contribution < 1.29 is 18.0 Å². The molecule has 1 amide bonds. The molecule has 0 aromatic rings. The predicted octanol–water partition coefficient (Wildman–Crippen LogP) is 0.544. The first-order valence-electron chi connectivity index (χ1n) is 4.33. The highest BCUT2D eigenvalue weighted by Gasteiger charge is 2.39. The van der Waals surface area contributed by atoms with E-state index in [-0.39, 0.29) is 13.0 Å². The molecular weight excluding hydrogens is 211 g/mol. The second-order valence-electron chi connectivity index (χ2n) is 3.00. The number of nitrogens with one attached hydrogen (secondary N) is 1. The number of hydrogen-bond donors (Lipinski definition) is 2. The number of primary amides is 1. The van der Waals surface area contributed by atoms with Gasteiger partial charge in [-0.15, -0.1) is 0 Å². The van der Waals surface area contributed by atoms with Crippen LogP contribution in [0.1, 0.15) is 12.8 Å². The lowest BCUT2D eigenvalue weighted by molar-refractivity contribution is -0.157. The zero-order valence-corrected chi connectivity index (χ0v) is 7.97. The standard InChI is InChI=1S/C8H12F3N3O/c9-8(10,11)6(4-12)5-14-3-1-2-7(13)15/h6,14H,1-3,5H2,(H2,13,15). The van der Waals surface area contributed by atoms with Crippen molar-refractivity contribution in [2.75, 3.05) is 13.1 Å². The van der Waals surface area contributed by atoms with E-state index < -0.39 is 24.5 Å². The third-order valence-corrected chi connectivity index (χ3v) is 1.68. The summed E-state index contributed by atoms with van der Waals surface area (Å²) in [6.07, 6.45) is -4.02. The Morgan fingerprint density at radius 3 is 2.53 bits per heavy atom. The highest BCUT2D eigenvalue weighted by molar-refractivity contribution is 5.73. The van der Waals surface area contributed by atoms with Gasteiger partial charge in [0.2, 0.25) is 5.91 Å². The summed E-state index contributed by atoms with van der Waals surface area (Å²) in [7, 11) is 0. The molecule has 0 fully saturated rings. The summed E-state index contributed by atoms with van der Waals surface area (Å²) in [5.74, 6) is -2.50. The van der Waals surface area contributed by atoms with Gasteiger partial charge in [0.1, 0.15) is 0 Å². The molecule has 86 valence electrons. The Bertz CT molecular complexity index is 246. The van der Waals surface area contributed by atoms with Gasteiger partial charge in [-0.05, 0) is 13.0 Å². The van der Waals surface area contributed by atoms with Gasteiger partial charge in [-0.3, -0.25) is 4.79 Å². The molecule has 0 bridgehead atoms. The molecule has 4 nitrogen and oxygen atoms in total. The molecule has 0 saturated heterocycles. The van der Waals surface area contributed by atoms with Crippen LogP contribution in [0.5, 0.6) is 0 Å². The number of nitrogens with zero attached hydrogens (tertiary/aromatic N) is 1. The van der Waals surface area contributed by atoms with E-state index in [1.54, 1.807) is 0 Å². The van der Waals surface area contributed by atoms with Crippen LogP contribution in [0.2, 0.25) is 0 Å². The van der Waals surface area contributed by atoms with Crippen molar-refractivity contribution in [2.24, 2.45) is 11.7 Å². The van der Waals surface area contributed by atoms with Gasteiger partial charge in [0.05, 0.1) is 6.07 Å². The number of alkyl halides is 3. The third-order valence-electron chi connectivity index (χ3n) is 1.68. The van der Waals surface area contributed by atoms with Gasteiger partial charge in [-0.2, -0.15) is 18.4 Å². The van der Waals surface area contributed by atoms with Crippen molar-refractivity contribution in [3.8, 4) is 6.07 Å². The second kappa shape index (κ2) is 6.24. The molecule has 0 aromatic heterocycles. The first-order valence-corrected chi connectivity index (χ1v) is 4.33.